The average Bonchev–Trinajstić information content (AvgIpc) is 2.86. The summed E-state index contributed by atoms with van der Waals surface area (Å²) in [6.07, 6.45) is 1.97. The minimum absolute atomic E-state index is 0.130. The van der Waals surface area contributed by atoms with Gasteiger partial charge in [0.15, 0.2) is 0 Å². The normalized spacial score (nSPS) is 18.1. The molecule has 1 aliphatic heterocycles. The van der Waals surface area contributed by atoms with E-state index in [1.54, 1.807) is 14.2 Å². The molecule has 0 aromatic heterocycles. The summed E-state index contributed by atoms with van der Waals surface area (Å²) in [4.78, 5) is 0. The van der Waals surface area contributed by atoms with Gasteiger partial charge in [0.1, 0.15) is 17.1 Å². The van der Waals surface area contributed by atoms with E-state index in [2.05, 4.69) is 41.7 Å². The second kappa shape index (κ2) is 9.06. The first kappa shape index (κ1) is 22.9. The van der Waals surface area contributed by atoms with Gasteiger partial charge in [-0.3, -0.25) is 0 Å². The van der Waals surface area contributed by atoms with E-state index in [0.717, 1.165) is 54.1 Å². The molecule has 0 unspecified atom stereocenters. The first-order valence-electron chi connectivity index (χ1n) is 11.9. The van der Waals surface area contributed by atoms with Gasteiger partial charge >= 0.3 is 0 Å². The molecule has 3 aromatic carbocycles. The summed E-state index contributed by atoms with van der Waals surface area (Å²) < 4.78 is 17.9. The zero-order valence-electron chi connectivity index (χ0n) is 19.9. The van der Waals surface area contributed by atoms with Crippen LogP contribution in [0.5, 0.6) is 11.5 Å². The van der Waals surface area contributed by atoms with E-state index in [1.807, 2.05) is 42.5 Å². The maximum Gasteiger partial charge on any atom is 0.143 e. The minimum atomic E-state index is -0.845. The largest absolute Gasteiger partial charge is 0.497 e. The molecule has 5 nitrogen and oxygen atoms in total. The van der Waals surface area contributed by atoms with Gasteiger partial charge in [0, 0.05) is 18.5 Å². The Bertz CT molecular complexity index is 1040. The van der Waals surface area contributed by atoms with Crippen molar-refractivity contribution >= 4 is 0 Å². The Kier molecular flexibility index (Phi) is 6.11. The summed E-state index contributed by atoms with van der Waals surface area (Å²) in [7, 11) is 3.35. The third-order valence-corrected chi connectivity index (χ3v) is 7.60. The maximum absolute atomic E-state index is 10.4. The van der Waals surface area contributed by atoms with Gasteiger partial charge in [-0.05, 0) is 59.2 Å². The monoisotopic (exact) mass is 459 g/mol. The van der Waals surface area contributed by atoms with Crippen molar-refractivity contribution in [3.63, 3.8) is 0 Å². The van der Waals surface area contributed by atoms with Crippen molar-refractivity contribution in [3.05, 3.63) is 95.6 Å². The first-order chi connectivity index (χ1) is 16.6. The van der Waals surface area contributed by atoms with Gasteiger partial charge in [-0.2, -0.15) is 0 Å². The van der Waals surface area contributed by atoms with Crippen LogP contribution < -0.4 is 14.8 Å². The predicted octanol–water partition coefficient (Wildman–Crippen LogP) is 4.37. The Morgan fingerprint density at radius 2 is 1.26 bits per heavy atom. The van der Waals surface area contributed by atoms with Crippen molar-refractivity contribution in [1.29, 1.82) is 0 Å². The second-order valence-electron chi connectivity index (χ2n) is 9.91. The third-order valence-electron chi connectivity index (χ3n) is 7.60. The Hall–Kier alpha value is -2.86. The lowest BCUT2D eigenvalue weighted by Gasteiger charge is -2.61. The number of methoxy groups -OCH3 is 2. The van der Waals surface area contributed by atoms with Gasteiger partial charge < -0.3 is 24.6 Å². The summed E-state index contributed by atoms with van der Waals surface area (Å²) in [5.74, 6) is 1.59. The zero-order chi connectivity index (χ0) is 23.7. The number of hydrogen-bond donors (Lipinski definition) is 2. The van der Waals surface area contributed by atoms with Crippen LogP contribution in [0.4, 0.5) is 0 Å². The number of aliphatic hydroxyl groups excluding tert-OH is 1. The van der Waals surface area contributed by atoms with Crippen LogP contribution in [-0.4, -0.2) is 45.6 Å². The quantitative estimate of drug-likeness (QED) is 0.465. The molecule has 1 saturated carbocycles. The Morgan fingerprint density at radius 3 is 1.68 bits per heavy atom. The van der Waals surface area contributed by atoms with Gasteiger partial charge in [-0.25, -0.2) is 0 Å². The van der Waals surface area contributed by atoms with Crippen LogP contribution in [-0.2, 0) is 10.3 Å². The molecule has 34 heavy (non-hydrogen) atoms. The molecule has 3 aromatic rings. The molecule has 0 radical (unpaired) electrons. The molecule has 5 heteroatoms. The minimum Gasteiger partial charge on any atom is -0.497 e. The van der Waals surface area contributed by atoms with E-state index in [9.17, 15) is 5.11 Å². The highest BCUT2D eigenvalue weighted by molar-refractivity contribution is 5.49. The number of ether oxygens (including phenoxy) is 3. The lowest BCUT2D eigenvalue weighted by molar-refractivity contribution is -0.161. The van der Waals surface area contributed by atoms with Crippen LogP contribution in [0.3, 0.4) is 0 Å². The molecule has 1 aliphatic carbocycles. The van der Waals surface area contributed by atoms with Crippen molar-refractivity contribution < 1.29 is 19.3 Å². The first-order valence-corrected chi connectivity index (χ1v) is 11.9. The van der Waals surface area contributed by atoms with Gasteiger partial charge in [-0.15, -0.1) is 0 Å². The van der Waals surface area contributed by atoms with Crippen LogP contribution in [0, 0.1) is 10.8 Å². The zero-order valence-corrected chi connectivity index (χ0v) is 19.9. The van der Waals surface area contributed by atoms with Crippen molar-refractivity contribution in [1.82, 2.24) is 5.32 Å². The van der Waals surface area contributed by atoms with Gasteiger partial charge in [0.2, 0.25) is 0 Å². The van der Waals surface area contributed by atoms with Crippen LogP contribution in [0.2, 0.25) is 0 Å². The standard InChI is InChI=1S/C29H33NO4/c1-32-25-12-8-23(9-13-25)29(22-6-4-3-5-7-22,24-10-14-26(33-2)15-11-24)34-21-28(20-31)16-27(17-28)18-30-19-27/h3-15,30-31H,16-21H2,1-2H3. The molecule has 1 heterocycles. The Labute approximate surface area is 201 Å². The van der Waals surface area contributed by atoms with E-state index >= 15 is 0 Å². The summed E-state index contributed by atoms with van der Waals surface area (Å²) in [6, 6.07) is 26.5. The van der Waals surface area contributed by atoms with Crippen molar-refractivity contribution in [2.24, 2.45) is 10.8 Å². The smallest absolute Gasteiger partial charge is 0.143 e. The van der Waals surface area contributed by atoms with Crippen LogP contribution >= 0.6 is 0 Å². The average molecular weight is 460 g/mol. The van der Waals surface area contributed by atoms with Crippen molar-refractivity contribution in [2.45, 2.75) is 18.4 Å². The predicted molar refractivity (Wildman–Crippen MR) is 132 cm³/mol. The molecule has 2 N–H and O–H groups in total. The second-order valence-corrected chi connectivity index (χ2v) is 9.91. The lowest BCUT2D eigenvalue weighted by Crippen LogP contribution is -2.66. The lowest BCUT2D eigenvalue weighted by atomic mass is 9.50. The van der Waals surface area contributed by atoms with E-state index < -0.39 is 5.60 Å². The Balaban J connectivity index is 1.59. The highest BCUT2D eigenvalue weighted by Crippen LogP contribution is 2.57. The van der Waals surface area contributed by atoms with Crippen molar-refractivity contribution in [3.8, 4) is 11.5 Å². The molecule has 0 atom stereocenters. The van der Waals surface area contributed by atoms with E-state index in [4.69, 9.17) is 14.2 Å². The summed E-state index contributed by atoms with van der Waals surface area (Å²) in [5.41, 5.74) is 2.33. The van der Waals surface area contributed by atoms with Gasteiger partial charge in [0.25, 0.3) is 0 Å². The van der Waals surface area contributed by atoms with Crippen molar-refractivity contribution in [2.75, 3.05) is 40.5 Å². The Morgan fingerprint density at radius 1 is 0.765 bits per heavy atom. The van der Waals surface area contributed by atoms with Crippen LogP contribution in [0.25, 0.3) is 0 Å². The SMILES string of the molecule is COc1ccc(C(OCC2(CO)CC3(CNC3)C2)(c2ccccc2)c2ccc(OC)cc2)cc1. The highest BCUT2D eigenvalue weighted by atomic mass is 16.5. The highest BCUT2D eigenvalue weighted by Gasteiger charge is 2.58. The third kappa shape index (κ3) is 3.88. The van der Waals surface area contributed by atoms with Crippen LogP contribution in [0.15, 0.2) is 78.9 Å². The number of rotatable bonds is 9. The summed E-state index contributed by atoms with van der Waals surface area (Å²) in [6.45, 7) is 2.67. The number of nitrogens with one attached hydrogen (secondary N) is 1. The molecular weight excluding hydrogens is 426 g/mol. The summed E-state index contributed by atoms with van der Waals surface area (Å²) >= 11 is 0. The maximum atomic E-state index is 10.4. The molecule has 0 bridgehead atoms. The van der Waals surface area contributed by atoms with Gasteiger partial charge in [0.05, 0.1) is 27.4 Å². The molecule has 1 spiro atoms. The van der Waals surface area contributed by atoms with E-state index in [1.165, 1.54) is 0 Å². The number of benzene rings is 3. The number of aliphatic hydroxyl groups is 1. The molecule has 178 valence electrons. The fraction of sp³-hybridized carbons (Fsp3) is 0.379. The number of hydrogen-bond acceptors (Lipinski definition) is 5. The molecule has 5 rings (SSSR count). The van der Waals surface area contributed by atoms with E-state index in [0.29, 0.717) is 12.0 Å². The fourth-order valence-corrected chi connectivity index (χ4v) is 5.86. The topological polar surface area (TPSA) is 60.0 Å². The fourth-order valence-electron chi connectivity index (χ4n) is 5.86. The molecule has 0 amide bonds. The van der Waals surface area contributed by atoms with E-state index in [-0.39, 0.29) is 12.0 Å². The molecule has 1 saturated heterocycles. The van der Waals surface area contributed by atoms with Gasteiger partial charge in [-0.1, -0.05) is 54.6 Å². The molecule has 2 aliphatic rings. The molecule has 2 fully saturated rings. The van der Waals surface area contributed by atoms with Crippen LogP contribution in [0.1, 0.15) is 29.5 Å². The summed E-state index contributed by atoms with van der Waals surface area (Å²) in [5, 5.41) is 13.8. The molecular formula is C29H33NO4.